The summed E-state index contributed by atoms with van der Waals surface area (Å²) in [5.41, 5.74) is 0.747. The minimum atomic E-state index is -3.78. The molecule has 3 aromatic rings. The van der Waals surface area contributed by atoms with Crippen LogP contribution in [0.2, 0.25) is 5.02 Å². The van der Waals surface area contributed by atoms with Crippen LogP contribution in [0.25, 0.3) is 5.69 Å². The van der Waals surface area contributed by atoms with Gasteiger partial charge in [-0.3, -0.25) is 0 Å². The van der Waals surface area contributed by atoms with E-state index in [9.17, 15) is 16.8 Å². The van der Waals surface area contributed by atoms with Crippen molar-refractivity contribution in [3.63, 3.8) is 0 Å². The van der Waals surface area contributed by atoms with Gasteiger partial charge in [-0.25, -0.2) is 21.5 Å². The third-order valence-electron chi connectivity index (χ3n) is 4.85. The van der Waals surface area contributed by atoms with Crippen LogP contribution in [0.5, 0.6) is 0 Å². The van der Waals surface area contributed by atoms with Gasteiger partial charge in [0, 0.05) is 31.2 Å². The zero-order valence-corrected chi connectivity index (χ0v) is 18.2. The Hall–Kier alpha value is -2.24. The summed E-state index contributed by atoms with van der Waals surface area (Å²) < 4.78 is 55.7. The number of benzene rings is 2. The number of rotatable bonds is 5. The zero-order valence-electron chi connectivity index (χ0n) is 15.8. The number of aromatic nitrogens is 2. The van der Waals surface area contributed by atoms with Crippen molar-refractivity contribution in [2.45, 2.75) is 9.79 Å². The molecular weight excluding hydrogens is 448 g/mol. The molecule has 1 aromatic heterocycles. The molecule has 0 saturated carbocycles. The first kappa shape index (κ1) is 21.0. The lowest BCUT2D eigenvalue weighted by atomic mass is 10.3. The monoisotopic (exact) mass is 466 g/mol. The first-order chi connectivity index (χ1) is 14.3. The van der Waals surface area contributed by atoms with Crippen molar-refractivity contribution >= 4 is 31.6 Å². The van der Waals surface area contributed by atoms with Gasteiger partial charge < -0.3 is 0 Å². The van der Waals surface area contributed by atoms with Gasteiger partial charge in [-0.1, -0.05) is 35.9 Å². The number of piperazine rings is 1. The van der Waals surface area contributed by atoms with Crippen molar-refractivity contribution in [3.8, 4) is 5.69 Å². The molecule has 0 spiro atoms. The maximum atomic E-state index is 13.0. The van der Waals surface area contributed by atoms with Crippen molar-refractivity contribution in [3.05, 3.63) is 72.0 Å². The molecule has 0 unspecified atom stereocenters. The van der Waals surface area contributed by atoms with Crippen molar-refractivity contribution in [1.29, 1.82) is 0 Å². The topological polar surface area (TPSA) is 92.6 Å². The molecule has 0 radical (unpaired) electrons. The van der Waals surface area contributed by atoms with Crippen LogP contribution in [0, 0.1) is 0 Å². The summed E-state index contributed by atoms with van der Waals surface area (Å²) in [6.45, 7) is 0.221. The van der Waals surface area contributed by atoms with Gasteiger partial charge in [-0.05, 0) is 30.3 Å². The summed E-state index contributed by atoms with van der Waals surface area (Å²) in [4.78, 5) is 0.160. The van der Waals surface area contributed by atoms with Crippen LogP contribution in [0.4, 0.5) is 0 Å². The lowest BCUT2D eigenvalue weighted by Gasteiger charge is -2.33. The predicted octanol–water partition coefficient (Wildman–Crippen LogP) is 2.22. The van der Waals surface area contributed by atoms with E-state index in [0.29, 0.717) is 5.02 Å². The molecule has 2 aromatic carbocycles. The second-order valence-electron chi connectivity index (χ2n) is 6.72. The van der Waals surface area contributed by atoms with E-state index >= 15 is 0 Å². The van der Waals surface area contributed by atoms with Crippen LogP contribution in [-0.4, -0.2) is 61.4 Å². The quantitative estimate of drug-likeness (QED) is 0.574. The molecule has 1 saturated heterocycles. The van der Waals surface area contributed by atoms with Gasteiger partial charge in [-0.2, -0.15) is 13.7 Å². The smallest absolute Gasteiger partial charge is 0.240 e. The summed E-state index contributed by atoms with van der Waals surface area (Å²) in [6, 6.07) is 15.2. The van der Waals surface area contributed by atoms with Crippen LogP contribution in [0.3, 0.4) is 0 Å². The number of nitrogens with zero attached hydrogens (tertiary/aromatic N) is 4. The van der Waals surface area contributed by atoms with E-state index in [1.165, 1.54) is 37.8 Å². The molecule has 0 aliphatic carbocycles. The number of halogens is 1. The molecule has 158 valence electrons. The Morgan fingerprint density at radius 2 is 1.37 bits per heavy atom. The Morgan fingerprint density at radius 3 is 1.97 bits per heavy atom. The molecule has 11 heteroatoms. The molecular formula is C19H19ClN4O4S2. The van der Waals surface area contributed by atoms with E-state index in [2.05, 4.69) is 5.10 Å². The van der Waals surface area contributed by atoms with Gasteiger partial charge in [0.05, 0.1) is 23.0 Å². The molecule has 2 heterocycles. The van der Waals surface area contributed by atoms with E-state index in [1.807, 2.05) is 30.3 Å². The molecule has 0 bridgehead atoms. The Balaban J connectivity index is 1.49. The van der Waals surface area contributed by atoms with Crippen LogP contribution >= 0.6 is 11.6 Å². The summed E-state index contributed by atoms with van der Waals surface area (Å²) in [5.74, 6) is 0. The highest BCUT2D eigenvalue weighted by atomic mass is 35.5. The molecule has 1 aliphatic heterocycles. The number of sulfonamides is 2. The van der Waals surface area contributed by atoms with E-state index in [1.54, 1.807) is 12.1 Å². The maximum Gasteiger partial charge on any atom is 0.246 e. The fourth-order valence-corrected chi connectivity index (χ4v) is 6.32. The SMILES string of the molecule is O=S(=O)(c1cccc(Cl)c1)N1CCN(S(=O)(=O)c2cnn(-c3ccccc3)c2)CC1. The van der Waals surface area contributed by atoms with Crippen molar-refractivity contribution in [2.24, 2.45) is 0 Å². The second kappa shape index (κ2) is 8.12. The summed E-state index contributed by atoms with van der Waals surface area (Å²) in [5, 5.41) is 4.47. The third kappa shape index (κ3) is 4.01. The summed E-state index contributed by atoms with van der Waals surface area (Å²) >= 11 is 5.91. The van der Waals surface area contributed by atoms with Crippen LogP contribution in [0.1, 0.15) is 0 Å². The minimum absolute atomic E-state index is 0.0542. The fourth-order valence-electron chi connectivity index (χ4n) is 3.24. The Bertz CT molecular complexity index is 1250. The van der Waals surface area contributed by atoms with Crippen LogP contribution in [0.15, 0.2) is 76.8 Å². The maximum absolute atomic E-state index is 13.0. The van der Waals surface area contributed by atoms with Crippen molar-refractivity contribution in [2.75, 3.05) is 26.2 Å². The molecule has 30 heavy (non-hydrogen) atoms. The largest absolute Gasteiger partial charge is 0.246 e. The number of hydrogen-bond donors (Lipinski definition) is 0. The molecule has 1 fully saturated rings. The lowest BCUT2D eigenvalue weighted by Crippen LogP contribution is -2.50. The van der Waals surface area contributed by atoms with Gasteiger partial charge in [-0.15, -0.1) is 0 Å². The number of para-hydroxylation sites is 1. The van der Waals surface area contributed by atoms with Crippen molar-refractivity contribution in [1.82, 2.24) is 18.4 Å². The second-order valence-corrected chi connectivity index (χ2v) is 11.0. The highest BCUT2D eigenvalue weighted by Gasteiger charge is 2.34. The van der Waals surface area contributed by atoms with Gasteiger partial charge in [0.1, 0.15) is 4.90 Å². The molecule has 4 rings (SSSR count). The summed E-state index contributed by atoms with van der Waals surface area (Å²) in [6.07, 6.45) is 2.76. The lowest BCUT2D eigenvalue weighted by molar-refractivity contribution is 0.273. The molecule has 0 N–H and O–H groups in total. The standard InChI is InChI=1S/C19H19ClN4O4S2/c20-16-5-4-8-18(13-16)29(25,26)22-9-11-23(12-10-22)30(27,28)19-14-21-24(15-19)17-6-2-1-3-7-17/h1-8,13-15H,9-12H2. The zero-order chi connectivity index (χ0) is 21.4. The highest BCUT2D eigenvalue weighted by molar-refractivity contribution is 7.89. The van der Waals surface area contributed by atoms with Gasteiger partial charge in [0.15, 0.2) is 0 Å². The third-order valence-corrected chi connectivity index (χ3v) is 8.83. The predicted molar refractivity (Wildman–Crippen MR) is 113 cm³/mol. The first-order valence-corrected chi connectivity index (χ1v) is 12.4. The van der Waals surface area contributed by atoms with E-state index in [4.69, 9.17) is 11.6 Å². The Morgan fingerprint density at radius 1 is 0.767 bits per heavy atom. The number of hydrogen-bond acceptors (Lipinski definition) is 5. The fraction of sp³-hybridized carbons (Fsp3) is 0.211. The van der Waals surface area contributed by atoms with Crippen molar-refractivity contribution < 1.29 is 16.8 Å². The summed E-state index contributed by atoms with van der Waals surface area (Å²) in [7, 11) is -7.52. The average molecular weight is 467 g/mol. The Kier molecular flexibility index (Phi) is 5.69. The van der Waals surface area contributed by atoms with E-state index < -0.39 is 20.0 Å². The average Bonchev–Trinajstić information content (AvgIpc) is 3.26. The van der Waals surface area contributed by atoms with E-state index in [0.717, 1.165) is 5.69 Å². The minimum Gasteiger partial charge on any atom is -0.240 e. The first-order valence-electron chi connectivity index (χ1n) is 9.14. The van der Waals surface area contributed by atoms with Gasteiger partial charge >= 0.3 is 0 Å². The molecule has 1 aliphatic rings. The normalized spacial score (nSPS) is 16.6. The highest BCUT2D eigenvalue weighted by Crippen LogP contribution is 2.23. The van der Waals surface area contributed by atoms with Crippen LogP contribution in [-0.2, 0) is 20.0 Å². The Labute approximate surface area is 180 Å². The van der Waals surface area contributed by atoms with Gasteiger partial charge in [0.25, 0.3) is 0 Å². The molecule has 8 nitrogen and oxygen atoms in total. The van der Waals surface area contributed by atoms with Crippen LogP contribution < -0.4 is 0 Å². The molecule has 0 atom stereocenters. The van der Waals surface area contributed by atoms with E-state index in [-0.39, 0.29) is 36.0 Å². The van der Waals surface area contributed by atoms with Gasteiger partial charge in [0.2, 0.25) is 20.0 Å². The molecule has 0 amide bonds.